The van der Waals surface area contributed by atoms with Gasteiger partial charge in [0.2, 0.25) is 0 Å². The molecule has 2 aliphatic carbocycles. The molecule has 0 aliphatic heterocycles. The molecule has 0 amide bonds. The van der Waals surface area contributed by atoms with Crippen molar-refractivity contribution in [2.24, 2.45) is 17.6 Å². The molecule has 2 unspecified atom stereocenters. The lowest BCUT2D eigenvalue weighted by Gasteiger charge is -2.25. The Morgan fingerprint density at radius 2 is 1.61 bits per heavy atom. The van der Waals surface area contributed by atoms with E-state index < -0.39 is 11.7 Å². The first-order valence-corrected chi connectivity index (χ1v) is 6.08. The lowest BCUT2D eigenvalue weighted by atomic mass is 9.83. The molecule has 3 rings (SSSR count). The van der Waals surface area contributed by atoms with Crippen LogP contribution in [-0.2, 0) is 6.18 Å². The fraction of sp³-hybridized carbons (Fsp3) is 0.429. The van der Waals surface area contributed by atoms with E-state index in [1.165, 1.54) is 0 Å². The number of hydrogen-bond donors (Lipinski definition) is 1. The SMILES string of the molecule is NC1C(c2ccc(C(F)(F)F)cc2)[C@H]2C=C[C@@H]1C2. The molecular formula is C14H14F3N. The Morgan fingerprint density at radius 1 is 1.00 bits per heavy atom. The van der Waals surface area contributed by atoms with E-state index in [1.807, 2.05) is 0 Å². The van der Waals surface area contributed by atoms with Gasteiger partial charge in [0.25, 0.3) is 0 Å². The van der Waals surface area contributed by atoms with Crippen LogP contribution >= 0.6 is 0 Å². The molecule has 1 fully saturated rings. The quantitative estimate of drug-likeness (QED) is 0.763. The molecule has 0 saturated heterocycles. The van der Waals surface area contributed by atoms with E-state index in [4.69, 9.17) is 5.73 Å². The van der Waals surface area contributed by atoms with Gasteiger partial charge < -0.3 is 5.73 Å². The maximum absolute atomic E-state index is 12.5. The third-order valence-electron chi connectivity index (χ3n) is 4.14. The molecule has 2 N–H and O–H groups in total. The third kappa shape index (κ3) is 1.75. The monoisotopic (exact) mass is 253 g/mol. The number of nitrogens with two attached hydrogens (primary N) is 1. The summed E-state index contributed by atoms with van der Waals surface area (Å²) in [6.45, 7) is 0. The minimum atomic E-state index is -4.27. The summed E-state index contributed by atoms with van der Waals surface area (Å²) >= 11 is 0. The van der Waals surface area contributed by atoms with Gasteiger partial charge in [-0.3, -0.25) is 0 Å². The van der Waals surface area contributed by atoms with Gasteiger partial charge in [0, 0.05) is 12.0 Å². The van der Waals surface area contributed by atoms with Crippen LogP contribution in [0.5, 0.6) is 0 Å². The molecule has 4 heteroatoms. The average Bonchev–Trinajstić information content (AvgIpc) is 2.88. The highest BCUT2D eigenvalue weighted by atomic mass is 19.4. The molecule has 1 saturated carbocycles. The van der Waals surface area contributed by atoms with Crippen molar-refractivity contribution in [1.29, 1.82) is 0 Å². The molecule has 1 aromatic rings. The average molecular weight is 253 g/mol. The summed E-state index contributed by atoms with van der Waals surface area (Å²) in [5.74, 6) is 0.950. The fourth-order valence-corrected chi connectivity index (χ4v) is 3.22. The van der Waals surface area contributed by atoms with Crippen LogP contribution in [0.15, 0.2) is 36.4 Å². The van der Waals surface area contributed by atoms with Crippen molar-refractivity contribution in [3.63, 3.8) is 0 Å². The van der Waals surface area contributed by atoms with Gasteiger partial charge in [-0.05, 0) is 36.0 Å². The molecule has 0 heterocycles. The molecule has 0 spiro atoms. The summed E-state index contributed by atoms with van der Waals surface area (Å²) in [4.78, 5) is 0. The number of alkyl halides is 3. The number of rotatable bonds is 1. The Hall–Kier alpha value is -1.29. The van der Waals surface area contributed by atoms with Crippen LogP contribution in [0.25, 0.3) is 0 Å². The van der Waals surface area contributed by atoms with E-state index in [-0.39, 0.29) is 12.0 Å². The number of fused-ring (bicyclic) bond motifs is 2. The van der Waals surface area contributed by atoms with Crippen LogP contribution in [0.3, 0.4) is 0 Å². The van der Waals surface area contributed by atoms with Gasteiger partial charge >= 0.3 is 6.18 Å². The topological polar surface area (TPSA) is 26.0 Å². The summed E-state index contributed by atoms with van der Waals surface area (Å²) in [7, 11) is 0. The summed E-state index contributed by atoms with van der Waals surface area (Å²) < 4.78 is 37.5. The van der Waals surface area contributed by atoms with Crippen molar-refractivity contribution in [2.45, 2.75) is 24.6 Å². The second kappa shape index (κ2) is 3.85. The smallest absolute Gasteiger partial charge is 0.327 e. The Labute approximate surface area is 103 Å². The first-order valence-electron chi connectivity index (χ1n) is 6.08. The molecule has 0 aromatic heterocycles. The molecule has 1 aromatic carbocycles. The summed E-state index contributed by atoms with van der Waals surface area (Å²) in [6, 6.07) is 5.48. The molecular weight excluding hydrogens is 239 g/mol. The largest absolute Gasteiger partial charge is 0.416 e. The van der Waals surface area contributed by atoms with Gasteiger partial charge in [-0.15, -0.1) is 0 Å². The van der Waals surface area contributed by atoms with Gasteiger partial charge in [0.15, 0.2) is 0 Å². The maximum Gasteiger partial charge on any atom is 0.416 e. The minimum Gasteiger partial charge on any atom is -0.327 e. The van der Waals surface area contributed by atoms with E-state index >= 15 is 0 Å². The minimum absolute atomic E-state index is 0.0386. The van der Waals surface area contributed by atoms with Gasteiger partial charge in [0.05, 0.1) is 5.56 Å². The van der Waals surface area contributed by atoms with E-state index in [9.17, 15) is 13.2 Å². The predicted octanol–water partition coefficient (Wildman–Crippen LogP) is 3.32. The second-order valence-corrected chi connectivity index (χ2v) is 5.17. The van der Waals surface area contributed by atoms with Crippen LogP contribution in [0, 0.1) is 11.8 Å². The molecule has 2 aliphatic rings. The van der Waals surface area contributed by atoms with E-state index in [0.717, 1.165) is 24.1 Å². The van der Waals surface area contributed by atoms with Gasteiger partial charge in [0.1, 0.15) is 0 Å². The Balaban J connectivity index is 1.88. The van der Waals surface area contributed by atoms with Crippen LogP contribution in [0.2, 0.25) is 0 Å². The molecule has 4 atom stereocenters. The summed E-state index contributed by atoms with van der Waals surface area (Å²) in [6.07, 6.45) is 1.05. The molecule has 1 nitrogen and oxygen atoms in total. The summed E-state index contributed by atoms with van der Waals surface area (Å²) in [5, 5.41) is 0. The standard InChI is InChI=1S/C14H14F3N/c15-14(16,17)11-5-3-8(4-6-11)12-9-1-2-10(7-9)13(12)18/h1-6,9-10,12-13H,7,18H2/t9-,10+,12?,13?/m0/s1. The number of halogens is 3. The molecule has 18 heavy (non-hydrogen) atoms. The van der Waals surface area contributed by atoms with Crippen molar-refractivity contribution in [3.8, 4) is 0 Å². The lowest BCUT2D eigenvalue weighted by Crippen LogP contribution is -2.32. The summed E-state index contributed by atoms with van der Waals surface area (Å²) in [5.41, 5.74) is 6.47. The Morgan fingerprint density at radius 3 is 2.11 bits per heavy atom. The highest BCUT2D eigenvalue weighted by molar-refractivity contribution is 5.33. The fourth-order valence-electron chi connectivity index (χ4n) is 3.22. The molecule has 2 bridgehead atoms. The first-order chi connectivity index (χ1) is 8.47. The van der Waals surface area contributed by atoms with Crippen molar-refractivity contribution in [1.82, 2.24) is 0 Å². The first kappa shape index (κ1) is 11.8. The van der Waals surface area contributed by atoms with Crippen molar-refractivity contribution < 1.29 is 13.2 Å². The van der Waals surface area contributed by atoms with Gasteiger partial charge in [-0.1, -0.05) is 24.3 Å². The van der Waals surface area contributed by atoms with Crippen molar-refractivity contribution in [3.05, 3.63) is 47.5 Å². The second-order valence-electron chi connectivity index (χ2n) is 5.17. The van der Waals surface area contributed by atoms with Crippen LogP contribution in [0.1, 0.15) is 23.5 Å². The number of allylic oxidation sites excluding steroid dienone is 1. The van der Waals surface area contributed by atoms with Crippen LogP contribution < -0.4 is 5.73 Å². The zero-order chi connectivity index (χ0) is 12.9. The van der Waals surface area contributed by atoms with Gasteiger partial charge in [-0.2, -0.15) is 13.2 Å². The van der Waals surface area contributed by atoms with E-state index in [2.05, 4.69) is 12.2 Å². The maximum atomic E-state index is 12.5. The lowest BCUT2D eigenvalue weighted by molar-refractivity contribution is -0.137. The van der Waals surface area contributed by atoms with Gasteiger partial charge in [-0.25, -0.2) is 0 Å². The van der Waals surface area contributed by atoms with E-state index in [0.29, 0.717) is 11.8 Å². The number of hydrogen-bond acceptors (Lipinski definition) is 1. The third-order valence-corrected chi connectivity index (χ3v) is 4.14. The highest BCUT2D eigenvalue weighted by Gasteiger charge is 2.43. The van der Waals surface area contributed by atoms with Crippen LogP contribution in [-0.4, -0.2) is 6.04 Å². The van der Waals surface area contributed by atoms with Crippen molar-refractivity contribution in [2.75, 3.05) is 0 Å². The Bertz CT molecular complexity index is 475. The Kier molecular flexibility index (Phi) is 2.52. The van der Waals surface area contributed by atoms with E-state index in [1.54, 1.807) is 12.1 Å². The number of benzene rings is 1. The molecule has 0 radical (unpaired) electrons. The van der Waals surface area contributed by atoms with Crippen molar-refractivity contribution >= 4 is 0 Å². The normalized spacial score (nSPS) is 34.2. The van der Waals surface area contributed by atoms with Crippen LogP contribution in [0.4, 0.5) is 13.2 Å². The zero-order valence-electron chi connectivity index (χ0n) is 9.69. The zero-order valence-corrected chi connectivity index (χ0v) is 9.69. The highest BCUT2D eigenvalue weighted by Crippen LogP contribution is 2.48. The predicted molar refractivity (Wildman–Crippen MR) is 62.9 cm³/mol. The molecule has 96 valence electrons.